The Labute approximate surface area is 253 Å². The summed E-state index contributed by atoms with van der Waals surface area (Å²) in [7, 11) is 1.50. The van der Waals surface area contributed by atoms with E-state index in [2.05, 4.69) is 48.9 Å². The first-order chi connectivity index (χ1) is 19.3. The molecular weight excluding hydrogens is 610 g/mol. The number of nitrogens with one attached hydrogen (secondary N) is 1. The first-order valence-electron chi connectivity index (χ1n) is 13.5. The van der Waals surface area contributed by atoms with Gasteiger partial charge in [-0.2, -0.15) is 0 Å². The van der Waals surface area contributed by atoms with Crippen molar-refractivity contribution in [3.63, 3.8) is 0 Å². The number of Topliss-reactive ketones (excluding diaryl/α,β-unsaturated/α-hetero) is 2. The summed E-state index contributed by atoms with van der Waals surface area (Å²) >= 11 is 9.74. The zero-order valence-corrected chi connectivity index (χ0v) is 26.1. The summed E-state index contributed by atoms with van der Waals surface area (Å²) in [4.78, 5) is 39.8. The molecule has 0 fully saturated rings. The number of methoxy groups -OCH3 is 1. The number of ether oxygens (including phenoxy) is 3. The van der Waals surface area contributed by atoms with Gasteiger partial charge in [-0.25, -0.2) is 0 Å². The van der Waals surface area contributed by atoms with E-state index in [0.717, 1.165) is 0 Å². The second-order valence-electron chi connectivity index (χ2n) is 12.4. The fraction of sp³-hybridized carbons (Fsp3) is 0.406. The predicted molar refractivity (Wildman–Crippen MR) is 160 cm³/mol. The number of carbonyl (C=O) groups is 3. The standard InChI is InChI=1S/C32H33BrClNO6/c1-31(2)12-21(36)28-24(14-31)41-25-15-32(3,4)13-22(37)29(25)27(28)17-10-18(33)30(23(11-17)39-5)40-16-26(38)35-20-9-7-6-8-19(20)34/h6-11,27H,12-16H2,1-5H3,(H,35,38). The number of hydrogen-bond acceptors (Lipinski definition) is 6. The molecule has 0 atom stereocenters. The van der Waals surface area contributed by atoms with Gasteiger partial charge < -0.3 is 19.5 Å². The molecule has 1 amide bonds. The number of halogens is 2. The maximum atomic E-state index is 13.6. The van der Waals surface area contributed by atoms with E-state index in [1.54, 1.807) is 30.3 Å². The summed E-state index contributed by atoms with van der Waals surface area (Å²) in [5.41, 5.74) is 1.79. The highest BCUT2D eigenvalue weighted by Gasteiger charge is 2.48. The summed E-state index contributed by atoms with van der Waals surface area (Å²) in [5.74, 6) is 0.976. The number of amides is 1. The van der Waals surface area contributed by atoms with Crippen LogP contribution in [-0.4, -0.2) is 31.2 Å². The Balaban J connectivity index is 1.51. The molecule has 41 heavy (non-hydrogen) atoms. The highest BCUT2D eigenvalue weighted by atomic mass is 79.9. The third-order valence-corrected chi connectivity index (χ3v) is 8.58. The monoisotopic (exact) mass is 641 g/mol. The average molecular weight is 643 g/mol. The summed E-state index contributed by atoms with van der Waals surface area (Å²) in [6, 6.07) is 10.5. The highest BCUT2D eigenvalue weighted by Crippen LogP contribution is 2.54. The first kappa shape index (κ1) is 29.4. The summed E-state index contributed by atoms with van der Waals surface area (Å²) < 4.78 is 18.5. The topological polar surface area (TPSA) is 90.9 Å². The van der Waals surface area contributed by atoms with Crippen molar-refractivity contribution < 1.29 is 28.6 Å². The van der Waals surface area contributed by atoms with Crippen molar-refractivity contribution in [1.82, 2.24) is 0 Å². The zero-order chi connectivity index (χ0) is 29.7. The number of allylic oxidation sites excluding steroid dienone is 4. The number of benzene rings is 2. The maximum Gasteiger partial charge on any atom is 0.262 e. The number of carbonyl (C=O) groups excluding carboxylic acids is 3. The molecule has 9 heteroatoms. The minimum absolute atomic E-state index is 0.0166. The Bertz CT molecular complexity index is 1470. The summed E-state index contributed by atoms with van der Waals surface area (Å²) in [6.45, 7) is 7.94. The first-order valence-corrected chi connectivity index (χ1v) is 14.7. The number of rotatable bonds is 6. The van der Waals surface area contributed by atoms with Gasteiger partial charge in [0.25, 0.3) is 5.91 Å². The molecule has 0 saturated carbocycles. The summed E-state index contributed by atoms with van der Waals surface area (Å²) in [5, 5.41) is 3.15. The lowest BCUT2D eigenvalue weighted by Gasteiger charge is -2.42. The van der Waals surface area contributed by atoms with Gasteiger partial charge in [0, 0.05) is 42.7 Å². The Morgan fingerprint density at radius 3 is 2.15 bits per heavy atom. The van der Waals surface area contributed by atoms with Crippen LogP contribution < -0.4 is 14.8 Å². The second-order valence-corrected chi connectivity index (χ2v) is 13.7. The van der Waals surface area contributed by atoms with Gasteiger partial charge in [-0.3, -0.25) is 14.4 Å². The van der Waals surface area contributed by atoms with Gasteiger partial charge in [0.05, 0.1) is 22.3 Å². The van der Waals surface area contributed by atoms with Crippen molar-refractivity contribution in [2.24, 2.45) is 10.8 Å². The molecule has 5 rings (SSSR count). The Morgan fingerprint density at radius 2 is 1.59 bits per heavy atom. The lowest BCUT2D eigenvalue weighted by molar-refractivity contribution is -0.120. The van der Waals surface area contributed by atoms with Crippen LogP contribution in [0.5, 0.6) is 11.5 Å². The van der Waals surface area contributed by atoms with E-state index in [1.165, 1.54) is 7.11 Å². The van der Waals surface area contributed by atoms with E-state index in [9.17, 15) is 14.4 Å². The van der Waals surface area contributed by atoms with Crippen molar-refractivity contribution in [3.8, 4) is 11.5 Å². The molecule has 1 aliphatic heterocycles. The molecule has 0 unspecified atom stereocenters. The third-order valence-electron chi connectivity index (χ3n) is 7.66. The maximum absolute atomic E-state index is 13.6. The fourth-order valence-electron chi connectivity index (χ4n) is 5.94. The van der Waals surface area contributed by atoms with Crippen molar-refractivity contribution in [3.05, 3.63) is 74.1 Å². The van der Waals surface area contributed by atoms with Gasteiger partial charge in [0.15, 0.2) is 29.7 Å². The van der Waals surface area contributed by atoms with Crippen molar-refractivity contribution in [2.75, 3.05) is 19.0 Å². The van der Waals surface area contributed by atoms with Crippen LogP contribution >= 0.6 is 27.5 Å². The molecule has 1 heterocycles. The van der Waals surface area contributed by atoms with Crippen LogP contribution in [-0.2, 0) is 19.1 Å². The van der Waals surface area contributed by atoms with Crippen LogP contribution in [0.4, 0.5) is 5.69 Å². The molecule has 0 aromatic heterocycles. The molecule has 2 aromatic carbocycles. The smallest absolute Gasteiger partial charge is 0.262 e. The van der Waals surface area contributed by atoms with E-state index in [0.29, 0.717) is 80.6 Å². The Hall–Kier alpha value is -3.10. The average Bonchev–Trinajstić information content (AvgIpc) is 2.86. The molecule has 0 spiro atoms. The molecule has 0 saturated heterocycles. The molecular formula is C32H33BrClNO6. The number of para-hydroxylation sites is 1. The zero-order valence-electron chi connectivity index (χ0n) is 23.8. The van der Waals surface area contributed by atoms with E-state index < -0.39 is 11.8 Å². The predicted octanol–water partition coefficient (Wildman–Crippen LogP) is 7.53. The molecule has 0 bridgehead atoms. The fourth-order valence-corrected chi connectivity index (χ4v) is 6.70. The van der Waals surface area contributed by atoms with Gasteiger partial charge in [-0.15, -0.1) is 0 Å². The van der Waals surface area contributed by atoms with Gasteiger partial charge in [0.1, 0.15) is 11.5 Å². The van der Waals surface area contributed by atoms with E-state index >= 15 is 0 Å². The van der Waals surface area contributed by atoms with Crippen LogP contribution in [0.15, 0.2) is 63.5 Å². The SMILES string of the molecule is COc1cc(C2C3=C(CC(C)(C)CC3=O)OC3=C2C(=O)CC(C)(C)C3)cc(Br)c1OCC(=O)Nc1ccccc1Cl. The van der Waals surface area contributed by atoms with Gasteiger partial charge in [-0.1, -0.05) is 51.4 Å². The lowest BCUT2D eigenvalue weighted by Crippen LogP contribution is -2.37. The molecule has 2 aliphatic carbocycles. The second kappa shape index (κ2) is 11.0. The van der Waals surface area contributed by atoms with Gasteiger partial charge in [-0.05, 0) is 56.6 Å². The largest absolute Gasteiger partial charge is 0.493 e. The summed E-state index contributed by atoms with van der Waals surface area (Å²) in [6.07, 6.45) is 1.95. The molecule has 7 nitrogen and oxygen atoms in total. The minimum atomic E-state index is -0.580. The van der Waals surface area contributed by atoms with E-state index in [4.69, 9.17) is 25.8 Å². The molecule has 1 N–H and O–H groups in total. The number of anilines is 1. The lowest BCUT2D eigenvalue weighted by atomic mass is 9.65. The highest BCUT2D eigenvalue weighted by molar-refractivity contribution is 9.10. The van der Waals surface area contributed by atoms with Crippen LogP contribution in [0.1, 0.15) is 64.9 Å². The molecule has 2 aromatic rings. The third kappa shape index (κ3) is 5.95. The van der Waals surface area contributed by atoms with Crippen LogP contribution in [0.2, 0.25) is 5.02 Å². The Kier molecular flexibility index (Phi) is 7.85. The van der Waals surface area contributed by atoms with Crippen LogP contribution in [0, 0.1) is 10.8 Å². The van der Waals surface area contributed by atoms with E-state index in [-0.39, 0.29) is 29.0 Å². The Morgan fingerprint density at radius 1 is 1.00 bits per heavy atom. The van der Waals surface area contributed by atoms with Crippen molar-refractivity contribution in [1.29, 1.82) is 0 Å². The number of hydrogen-bond donors (Lipinski definition) is 1. The van der Waals surface area contributed by atoms with E-state index in [1.807, 2.05) is 6.07 Å². The normalized spacial score (nSPS) is 19.8. The molecule has 0 radical (unpaired) electrons. The molecule has 3 aliphatic rings. The quantitative estimate of drug-likeness (QED) is 0.350. The molecule has 216 valence electrons. The van der Waals surface area contributed by atoms with Crippen LogP contribution in [0.3, 0.4) is 0 Å². The van der Waals surface area contributed by atoms with Crippen molar-refractivity contribution >= 4 is 50.7 Å². The van der Waals surface area contributed by atoms with Crippen molar-refractivity contribution in [2.45, 2.75) is 59.3 Å². The van der Waals surface area contributed by atoms with Gasteiger partial charge >= 0.3 is 0 Å². The van der Waals surface area contributed by atoms with Gasteiger partial charge in [0.2, 0.25) is 0 Å². The van der Waals surface area contributed by atoms with Crippen LogP contribution in [0.25, 0.3) is 0 Å². The number of ketones is 2. The minimum Gasteiger partial charge on any atom is -0.493 e.